The molecule has 3 heterocycles. The number of methoxy groups -OCH3 is 1. The summed E-state index contributed by atoms with van der Waals surface area (Å²) in [5.74, 6) is -0.118. The summed E-state index contributed by atoms with van der Waals surface area (Å²) in [4.78, 5) is 13.9. The molecule has 5 rings (SSSR count). The van der Waals surface area contributed by atoms with Gasteiger partial charge in [-0.05, 0) is 35.9 Å². The van der Waals surface area contributed by atoms with Crippen LogP contribution >= 0.6 is 11.3 Å². The Morgan fingerprint density at radius 2 is 2.06 bits per heavy atom. The van der Waals surface area contributed by atoms with Gasteiger partial charge in [0.05, 0.1) is 30.2 Å². The quantitative estimate of drug-likeness (QED) is 0.592. The van der Waals surface area contributed by atoms with E-state index >= 15 is 0 Å². The molecule has 1 aliphatic carbocycles. The largest absolute Gasteiger partial charge is 0.464 e. The van der Waals surface area contributed by atoms with Crippen LogP contribution in [-0.4, -0.2) is 23.8 Å². The van der Waals surface area contributed by atoms with Gasteiger partial charge in [-0.3, -0.25) is 0 Å². The number of carbonyl (C=O) groups is 1. The maximum absolute atomic E-state index is 12.5. The number of esters is 1. The molecule has 158 valence electrons. The lowest BCUT2D eigenvalue weighted by atomic mass is 9.80. The number of thiophene rings is 1. The number of ether oxygens (including phenoxy) is 2. The van der Waals surface area contributed by atoms with Gasteiger partial charge in [-0.2, -0.15) is 5.26 Å². The Labute approximate surface area is 184 Å². The van der Waals surface area contributed by atoms with E-state index in [0.717, 1.165) is 17.7 Å². The molecule has 1 saturated carbocycles. The number of nitriles is 1. The van der Waals surface area contributed by atoms with Crippen LogP contribution in [0.3, 0.4) is 0 Å². The van der Waals surface area contributed by atoms with Gasteiger partial charge in [-0.25, -0.2) is 4.79 Å². The van der Waals surface area contributed by atoms with Crippen molar-refractivity contribution in [3.63, 3.8) is 0 Å². The highest BCUT2D eigenvalue weighted by atomic mass is 32.1. The molecule has 3 atom stereocenters. The lowest BCUT2D eigenvalue weighted by Gasteiger charge is -2.40. The summed E-state index contributed by atoms with van der Waals surface area (Å²) < 4.78 is 13.3. The molecule has 2 aliphatic rings. The average molecular weight is 434 g/mol. The van der Waals surface area contributed by atoms with Crippen LogP contribution in [0.5, 0.6) is 0 Å². The number of hydrogen-bond acceptors (Lipinski definition) is 6. The van der Waals surface area contributed by atoms with Gasteiger partial charge in [0, 0.05) is 22.6 Å². The van der Waals surface area contributed by atoms with Gasteiger partial charge >= 0.3 is 5.97 Å². The normalized spacial score (nSPS) is 22.3. The molecule has 3 unspecified atom stereocenters. The minimum absolute atomic E-state index is 0.122. The van der Waals surface area contributed by atoms with Crippen molar-refractivity contribution in [2.24, 2.45) is 0 Å². The Bertz CT molecular complexity index is 1190. The number of nitrogen functional groups attached to an aromatic ring is 1. The van der Waals surface area contributed by atoms with Gasteiger partial charge in [-0.1, -0.05) is 31.0 Å². The van der Waals surface area contributed by atoms with Gasteiger partial charge in [-0.15, -0.1) is 11.3 Å². The van der Waals surface area contributed by atoms with Gasteiger partial charge in [0.25, 0.3) is 0 Å². The van der Waals surface area contributed by atoms with Crippen molar-refractivity contribution in [1.82, 2.24) is 4.57 Å². The maximum atomic E-state index is 12.5. The third kappa shape index (κ3) is 3.14. The Hall–Kier alpha value is -3.08. The number of benzene rings is 1. The first-order valence-electron chi connectivity index (χ1n) is 10.4. The average Bonchev–Trinajstić information content (AvgIpc) is 3.43. The van der Waals surface area contributed by atoms with Crippen molar-refractivity contribution in [3.05, 3.63) is 69.2 Å². The van der Waals surface area contributed by atoms with Gasteiger partial charge in [0.15, 0.2) is 5.69 Å². The summed E-state index contributed by atoms with van der Waals surface area (Å²) in [5, 5.41) is 11.6. The SMILES string of the molecule is COC(=O)c1c(N)c(C#N)cn1-c1ccccc1C1OC2CCCCC2c2sccc21. The smallest absolute Gasteiger partial charge is 0.357 e. The van der Waals surface area contributed by atoms with Crippen molar-refractivity contribution in [2.45, 2.75) is 43.8 Å². The highest BCUT2D eigenvalue weighted by Gasteiger charge is 2.39. The van der Waals surface area contributed by atoms with Gasteiger partial charge in [0.1, 0.15) is 12.2 Å². The van der Waals surface area contributed by atoms with E-state index in [4.69, 9.17) is 15.2 Å². The fourth-order valence-electron chi connectivity index (χ4n) is 4.93. The number of nitrogens with two attached hydrogens (primary N) is 1. The molecule has 3 aromatic rings. The number of nitrogens with zero attached hydrogens (tertiary/aromatic N) is 2. The van der Waals surface area contributed by atoms with Crippen LogP contribution in [-0.2, 0) is 9.47 Å². The first-order valence-corrected chi connectivity index (χ1v) is 11.3. The molecule has 7 heteroatoms. The third-order valence-electron chi connectivity index (χ3n) is 6.38. The first kappa shape index (κ1) is 19.9. The minimum Gasteiger partial charge on any atom is -0.464 e. The van der Waals surface area contributed by atoms with Crippen LogP contribution in [0.2, 0.25) is 0 Å². The number of aromatic nitrogens is 1. The van der Waals surface area contributed by atoms with Crippen LogP contribution in [0.15, 0.2) is 41.9 Å². The zero-order valence-electron chi connectivity index (χ0n) is 17.2. The Morgan fingerprint density at radius 3 is 2.87 bits per heavy atom. The monoisotopic (exact) mass is 433 g/mol. The Balaban J connectivity index is 1.67. The fourth-order valence-corrected chi connectivity index (χ4v) is 6.05. The number of rotatable bonds is 3. The Morgan fingerprint density at radius 1 is 1.26 bits per heavy atom. The number of para-hydroxylation sites is 1. The summed E-state index contributed by atoms with van der Waals surface area (Å²) in [6.07, 6.45) is 6.20. The van der Waals surface area contributed by atoms with E-state index in [2.05, 4.69) is 17.5 Å². The maximum Gasteiger partial charge on any atom is 0.357 e. The molecule has 0 bridgehead atoms. The molecule has 1 aromatic carbocycles. The number of hydrogen-bond donors (Lipinski definition) is 1. The van der Waals surface area contributed by atoms with Crippen LogP contribution in [0.25, 0.3) is 5.69 Å². The molecular formula is C24H23N3O3S. The van der Waals surface area contributed by atoms with Crippen molar-refractivity contribution in [2.75, 3.05) is 12.8 Å². The molecule has 0 spiro atoms. The zero-order chi connectivity index (χ0) is 21.5. The van der Waals surface area contributed by atoms with E-state index in [1.807, 2.05) is 35.6 Å². The molecule has 0 amide bonds. The summed E-state index contributed by atoms with van der Waals surface area (Å²) in [7, 11) is 1.31. The molecule has 1 fully saturated rings. The number of carbonyl (C=O) groups excluding carboxylic acids is 1. The predicted octanol–water partition coefficient (Wildman–Crippen LogP) is 4.93. The predicted molar refractivity (Wildman–Crippen MR) is 118 cm³/mol. The lowest BCUT2D eigenvalue weighted by Crippen LogP contribution is -2.33. The molecule has 2 aromatic heterocycles. The topological polar surface area (TPSA) is 90.3 Å². The molecule has 1 aliphatic heterocycles. The third-order valence-corrected chi connectivity index (χ3v) is 7.45. The summed E-state index contributed by atoms with van der Waals surface area (Å²) >= 11 is 1.81. The molecule has 31 heavy (non-hydrogen) atoms. The summed E-state index contributed by atoms with van der Waals surface area (Å²) in [5.41, 5.74) is 9.54. The lowest BCUT2D eigenvalue weighted by molar-refractivity contribution is -0.0374. The zero-order valence-corrected chi connectivity index (χ0v) is 18.0. The first-order chi connectivity index (χ1) is 15.1. The minimum atomic E-state index is -0.582. The van der Waals surface area contributed by atoms with Crippen molar-refractivity contribution >= 4 is 23.0 Å². The summed E-state index contributed by atoms with van der Waals surface area (Å²) in [6, 6.07) is 12.0. The molecule has 0 saturated heterocycles. The second-order valence-electron chi connectivity index (χ2n) is 8.02. The van der Waals surface area contributed by atoms with E-state index in [0.29, 0.717) is 5.92 Å². The molecule has 0 radical (unpaired) electrons. The van der Waals surface area contributed by atoms with Crippen molar-refractivity contribution in [1.29, 1.82) is 5.26 Å². The van der Waals surface area contributed by atoms with E-state index in [9.17, 15) is 10.1 Å². The molecule has 2 N–H and O–H groups in total. The van der Waals surface area contributed by atoms with Crippen molar-refractivity contribution in [3.8, 4) is 11.8 Å². The van der Waals surface area contributed by atoms with Crippen LogP contribution in [0.4, 0.5) is 5.69 Å². The standard InChI is InChI=1S/C24H23N3O3S/c1-29-24(28)21-20(26)14(12-25)13-27(21)18-8-4-2-6-15(18)22-17-10-11-31-23(17)16-7-3-5-9-19(16)30-22/h2,4,6,8,10-11,13,16,19,22H,3,5,7,9,26H2,1H3. The van der Waals surface area contributed by atoms with E-state index in [1.54, 1.807) is 10.8 Å². The van der Waals surface area contributed by atoms with Crippen LogP contribution < -0.4 is 5.73 Å². The Kier molecular flexibility index (Phi) is 5.05. The van der Waals surface area contributed by atoms with Crippen LogP contribution in [0, 0.1) is 11.3 Å². The van der Waals surface area contributed by atoms with Crippen LogP contribution in [0.1, 0.15) is 69.8 Å². The number of anilines is 1. The summed E-state index contributed by atoms with van der Waals surface area (Å²) in [6.45, 7) is 0. The highest BCUT2D eigenvalue weighted by Crippen LogP contribution is 2.49. The number of fused-ring (bicyclic) bond motifs is 3. The second-order valence-corrected chi connectivity index (χ2v) is 8.97. The highest BCUT2D eigenvalue weighted by molar-refractivity contribution is 7.10. The molecular weight excluding hydrogens is 410 g/mol. The van der Waals surface area contributed by atoms with Gasteiger partial charge in [0.2, 0.25) is 0 Å². The van der Waals surface area contributed by atoms with E-state index in [-0.39, 0.29) is 29.2 Å². The van der Waals surface area contributed by atoms with E-state index in [1.165, 1.54) is 36.8 Å². The molecule has 6 nitrogen and oxygen atoms in total. The fraction of sp³-hybridized carbons (Fsp3) is 0.333. The van der Waals surface area contributed by atoms with E-state index < -0.39 is 5.97 Å². The van der Waals surface area contributed by atoms with Crippen molar-refractivity contribution < 1.29 is 14.3 Å². The second kappa shape index (κ2) is 7.88. The van der Waals surface area contributed by atoms with Gasteiger partial charge < -0.3 is 19.8 Å².